The lowest BCUT2D eigenvalue weighted by molar-refractivity contribution is 0.0467. The van der Waals surface area contributed by atoms with E-state index in [0.29, 0.717) is 5.69 Å². The van der Waals surface area contributed by atoms with Crippen LogP contribution in [0.4, 0.5) is 10.1 Å². The zero-order chi connectivity index (χ0) is 13.0. The Morgan fingerprint density at radius 1 is 1.17 bits per heavy atom. The molecular formula is C14H12FNO2. The van der Waals surface area contributed by atoms with Crippen molar-refractivity contribution in [2.24, 2.45) is 0 Å². The van der Waals surface area contributed by atoms with Crippen molar-refractivity contribution in [2.75, 3.05) is 5.73 Å². The summed E-state index contributed by atoms with van der Waals surface area (Å²) >= 11 is 0. The van der Waals surface area contributed by atoms with Gasteiger partial charge in [0.05, 0.1) is 5.56 Å². The van der Waals surface area contributed by atoms with Crippen LogP contribution < -0.4 is 5.73 Å². The smallest absolute Gasteiger partial charge is 0.341 e. The number of hydrogen-bond donors (Lipinski definition) is 1. The van der Waals surface area contributed by atoms with Gasteiger partial charge < -0.3 is 10.5 Å². The lowest BCUT2D eigenvalue weighted by Gasteiger charge is -2.06. The first-order valence-corrected chi connectivity index (χ1v) is 5.43. The fourth-order valence-corrected chi connectivity index (χ4v) is 1.50. The average Bonchev–Trinajstić information content (AvgIpc) is 2.40. The Morgan fingerprint density at radius 3 is 2.61 bits per heavy atom. The lowest BCUT2D eigenvalue weighted by Crippen LogP contribution is -2.08. The molecular weight excluding hydrogens is 233 g/mol. The molecule has 2 aromatic carbocycles. The van der Waals surface area contributed by atoms with Gasteiger partial charge in [0.2, 0.25) is 0 Å². The normalized spacial score (nSPS) is 10.1. The summed E-state index contributed by atoms with van der Waals surface area (Å²) in [6.45, 7) is 0.105. The van der Waals surface area contributed by atoms with Crippen molar-refractivity contribution < 1.29 is 13.9 Å². The van der Waals surface area contributed by atoms with Gasteiger partial charge in [0.1, 0.15) is 12.4 Å². The van der Waals surface area contributed by atoms with E-state index < -0.39 is 11.8 Å². The number of rotatable bonds is 3. The number of carbonyl (C=O) groups excluding carboxylic acids is 1. The predicted molar refractivity (Wildman–Crippen MR) is 66.4 cm³/mol. The van der Waals surface area contributed by atoms with E-state index >= 15 is 0 Å². The van der Waals surface area contributed by atoms with Gasteiger partial charge in [-0.25, -0.2) is 9.18 Å². The fourth-order valence-electron chi connectivity index (χ4n) is 1.50. The van der Waals surface area contributed by atoms with E-state index in [-0.39, 0.29) is 12.2 Å². The van der Waals surface area contributed by atoms with Crippen LogP contribution in [0.3, 0.4) is 0 Å². The standard InChI is InChI=1S/C14H12FNO2/c15-13-7-6-11(16)8-12(13)14(17)18-9-10-4-2-1-3-5-10/h1-8H,9,16H2. The van der Waals surface area contributed by atoms with Crippen molar-refractivity contribution in [2.45, 2.75) is 6.61 Å². The quantitative estimate of drug-likeness (QED) is 0.668. The van der Waals surface area contributed by atoms with E-state index in [1.165, 1.54) is 12.1 Å². The van der Waals surface area contributed by atoms with E-state index in [2.05, 4.69) is 0 Å². The van der Waals surface area contributed by atoms with Crippen molar-refractivity contribution in [1.82, 2.24) is 0 Å². The third kappa shape index (κ3) is 2.85. The Hall–Kier alpha value is -2.36. The minimum Gasteiger partial charge on any atom is -0.457 e. The van der Waals surface area contributed by atoms with Gasteiger partial charge in [0.15, 0.2) is 0 Å². The summed E-state index contributed by atoms with van der Waals surface area (Å²) in [5.41, 5.74) is 6.52. The van der Waals surface area contributed by atoms with Crippen LogP contribution in [0.5, 0.6) is 0 Å². The van der Waals surface area contributed by atoms with E-state index in [0.717, 1.165) is 11.6 Å². The summed E-state index contributed by atoms with van der Waals surface area (Å²) in [7, 11) is 0. The molecule has 0 aromatic heterocycles. The summed E-state index contributed by atoms with van der Waals surface area (Å²) in [5.74, 6) is -1.36. The molecule has 4 heteroatoms. The number of esters is 1. The van der Waals surface area contributed by atoms with Gasteiger partial charge in [0.25, 0.3) is 0 Å². The van der Waals surface area contributed by atoms with Crippen LogP contribution in [0.1, 0.15) is 15.9 Å². The summed E-state index contributed by atoms with van der Waals surface area (Å²) in [6, 6.07) is 13.0. The zero-order valence-corrected chi connectivity index (χ0v) is 9.60. The minimum atomic E-state index is -0.719. The molecule has 0 saturated heterocycles. The molecule has 0 radical (unpaired) electrons. The van der Waals surface area contributed by atoms with E-state index in [4.69, 9.17) is 10.5 Å². The van der Waals surface area contributed by atoms with Crippen molar-refractivity contribution in [1.29, 1.82) is 0 Å². The van der Waals surface area contributed by atoms with Crippen LogP contribution >= 0.6 is 0 Å². The van der Waals surface area contributed by atoms with Crippen molar-refractivity contribution in [3.8, 4) is 0 Å². The first-order chi connectivity index (χ1) is 8.66. The highest BCUT2D eigenvalue weighted by molar-refractivity contribution is 5.90. The second kappa shape index (κ2) is 5.31. The molecule has 18 heavy (non-hydrogen) atoms. The summed E-state index contributed by atoms with van der Waals surface area (Å²) < 4.78 is 18.4. The van der Waals surface area contributed by atoms with Gasteiger partial charge >= 0.3 is 5.97 Å². The van der Waals surface area contributed by atoms with E-state index in [1.807, 2.05) is 30.3 Å². The number of carbonyl (C=O) groups is 1. The van der Waals surface area contributed by atoms with Crippen LogP contribution in [-0.4, -0.2) is 5.97 Å². The van der Waals surface area contributed by atoms with Crippen LogP contribution in [0.25, 0.3) is 0 Å². The Balaban J connectivity index is 2.06. The van der Waals surface area contributed by atoms with Crippen LogP contribution in [0.2, 0.25) is 0 Å². The molecule has 2 rings (SSSR count). The van der Waals surface area contributed by atoms with Gasteiger partial charge in [-0.05, 0) is 23.8 Å². The third-order valence-electron chi connectivity index (χ3n) is 2.42. The van der Waals surface area contributed by atoms with Crippen LogP contribution in [-0.2, 0) is 11.3 Å². The van der Waals surface area contributed by atoms with E-state index in [9.17, 15) is 9.18 Å². The van der Waals surface area contributed by atoms with Crippen molar-refractivity contribution in [3.63, 3.8) is 0 Å². The number of nitrogens with two attached hydrogens (primary N) is 1. The number of nitrogen functional groups attached to an aromatic ring is 1. The average molecular weight is 245 g/mol. The van der Waals surface area contributed by atoms with Gasteiger partial charge in [-0.15, -0.1) is 0 Å². The van der Waals surface area contributed by atoms with Crippen LogP contribution in [0, 0.1) is 5.82 Å². The summed E-state index contributed by atoms with van der Waals surface area (Å²) in [5, 5.41) is 0. The van der Waals surface area contributed by atoms with Crippen LogP contribution in [0.15, 0.2) is 48.5 Å². The molecule has 0 aliphatic heterocycles. The number of benzene rings is 2. The van der Waals surface area contributed by atoms with E-state index in [1.54, 1.807) is 0 Å². The number of ether oxygens (including phenoxy) is 1. The topological polar surface area (TPSA) is 52.3 Å². The van der Waals surface area contributed by atoms with Gasteiger partial charge in [0, 0.05) is 5.69 Å². The van der Waals surface area contributed by atoms with Gasteiger partial charge in [-0.1, -0.05) is 30.3 Å². The molecule has 0 spiro atoms. The number of hydrogen-bond acceptors (Lipinski definition) is 3. The zero-order valence-electron chi connectivity index (χ0n) is 9.60. The first-order valence-electron chi connectivity index (χ1n) is 5.43. The maximum absolute atomic E-state index is 13.4. The van der Waals surface area contributed by atoms with Crippen molar-refractivity contribution in [3.05, 3.63) is 65.5 Å². The molecule has 0 unspecified atom stereocenters. The Morgan fingerprint density at radius 2 is 1.89 bits per heavy atom. The molecule has 0 aliphatic rings. The molecule has 0 amide bonds. The van der Waals surface area contributed by atoms with Gasteiger partial charge in [-0.2, -0.15) is 0 Å². The lowest BCUT2D eigenvalue weighted by atomic mass is 10.2. The maximum Gasteiger partial charge on any atom is 0.341 e. The molecule has 2 N–H and O–H groups in total. The largest absolute Gasteiger partial charge is 0.457 e. The molecule has 0 saturated carbocycles. The highest BCUT2D eigenvalue weighted by atomic mass is 19.1. The number of halogens is 1. The van der Waals surface area contributed by atoms with Crippen molar-refractivity contribution >= 4 is 11.7 Å². The Bertz CT molecular complexity index is 555. The molecule has 0 heterocycles. The molecule has 0 atom stereocenters. The second-order valence-corrected chi connectivity index (χ2v) is 3.80. The highest BCUT2D eigenvalue weighted by Gasteiger charge is 2.13. The molecule has 92 valence electrons. The van der Waals surface area contributed by atoms with Gasteiger partial charge in [-0.3, -0.25) is 0 Å². The summed E-state index contributed by atoms with van der Waals surface area (Å²) in [4.78, 5) is 11.7. The second-order valence-electron chi connectivity index (χ2n) is 3.80. The number of anilines is 1. The molecule has 0 aliphatic carbocycles. The highest BCUT2D eigenvalue weighted by Crippen LogP contribution is 2.14. The predicted octanol–water partition coefficient (Wildman–Crippen LogP) is 2.76. The molecule has 2 aromatic rings. The third-order valence-corrected chi connectivity index (χ3v) is 2.42. The Labute approximate surface area is 104 Å². The molecule has 0 bridgehead atoms. The first kappa shape index (κ1) is 12.1. The summed E-state index contributed by atoms with van der Waals surface area (Å²) in [6.07, 6.45) is 0. The fraction of sp³-hybridized carbons (Fsp3) is 0.0714. The SMILES string of the molecule is Nc1ccc(F)c(C(=O)OCc2ccccc2)c1. The maximum atomic E-state index is 13.4. The minimum absolute atomic E-state index is 0.105. The molecule has 3 nitrogen and oxygen atoms in total. The monoisotopic (exact) mass is 245 g/mol. The molecule has 0 fully saturated rings. The Kier molecular flexibility index (Phi) is 3.57.